The van der Waals surface area contributed by atoms with Crippen LogP contribution in [0.1, 0.15) is 12.0 Å². The first-order valence-electron chi connectivity index (χ1n) is 5.54. The van der Waals surface area contributed by atoms with Crippen molar-refractivity contribution in [3.05, 3.63) is 42.4 Å². The Kier molecular flexibility index (Phi) is 2.38. The van der Waals surface area contributed by atoms with Gasteiger partial charge >= 0.3 is 0 Å². The van der Waals surface area contributed by atoms with E-state index in [1.165, 1.54) is 11.1 Å². The van der Waals surface area contributed by atoms with Gasteiger partial charge in [-0.2, -0.15) is 0 Å². The van der Waals surface area contributed by atoms with E-state index < -0.39 is 0 Å². The molecule has 0 saturated heterocycles. The van der Waals surface area contributed by atoms with Crippen LogP contribution in [0.4, 0.5) is 0 Å². The number of rotatable bonds is 1. The predicted molar refractivity (Wildman–Crippen MR) is 65.0 cm³/mol. The summed E-state index contributed by atoms with van der Waals surface area (Å²) < 4.78 is 0. The maximum atomic E-state index is 4.28. The maximum Gasteiger partial charge on any atom is 0.116 e. The molecule has 2 aromatic rings. The van der Waals surface area contributed by atoms with E-state index in [0.717, 1.165) is 30.4 Å². The molecule has 16 heavy (non-hydrogen) atoms. The van der Waals surface area contributed by atoms with Crippen LogP contribution in [-0.4, -0.2) is 23.1 Å². The summed E-state index contributed by atoms with van der Waals surface area (Å²) in [6.45, 7) is 2.01. The molecule has 2 heterocycles. The summed E-state index contributed by atoms with van der Waals surface area (Å²) in [6.07, 6.45) is 6.89. The van der Waals surface area contributed by atoms with Crippen molar-refractivity contribution in [3.63, 3.8) is 0 Å². The van der Waals surface area contributed by atoms with Gasteiger partial charge in [0.15, 0.2) is 0 Å². The molecule has 0 atom stereocenters. The van der Waals surface area contributed by atoms with Gasteiger partial charge < -0.3 is 5.32 Å². The molecule has 0 unspecified atom stereocenters. The van der Waals surface area contributed by atoms with Crippen molar-refractivity contribution >= 4 is 16.5 Å². The average molecular weight is 211 g/mol. The lowest BCUT2D eigenvalue weighted by Gasteiger charge is -2.15. The number of hydrogen-bond donors (Lipinski definition) is 1. The summed E-state index contributed by atoms with van der Waals surface area (Å²) in [4.78, 5) is 8.39. The molecule has 0 bridgehead atoms. The molecule has 0 saturated carbocycles. The third kappa shape index (κ3) is 1.59. The van der Waals surface area contributed by atoms with Crippen molar-refractivity contribution in [2.45, 2.75) is 6.42 Å². The molecule has 80 valence electrons. The highest BCUT2D eigenvalue weighted by atomic mass is 14.9. The maximum absolute atomic E-state index is 4.28. The number of nitrogens with zero attached hydrogens (tertiary/aromatic N) is 2. The Morgan fingerprint density at radius 1 is 1.25 bits per heavy atom. The van der Waals surface area contributed by atoms with E-state index in [9.17, 15) is 0 Å². The van der Waals surface area contributed by atoms with Gasteiger partial charge in [0.25, 0.3) is 0 Å². The first-order chi connectivity index (χ1) is 7.95. The molecule has 0 radical (unpaired) electrons. The van der Waals surface area contributed by atoms with Crippen molar-refractivity contribution in [2.24, 2.45) is 0 Å². The summed E-state index contributed by atoms with van der Waals surface area (Å²) in [6, 6.07) is 6.22. The summed E-state index contributed by atoms with van der Waals surface area (Å²) in [5.74, 6) is 0. The molecule has 0 aliphatic carbocycles. The summed E-state index contributed by atoms with van der Waals surface area (Å²) in [7, 11) is 0. The minimum Gasteiger partial charge on any atom is -0.312 e. The summed E-state index contributed by atoms with van der Waals surface area (Å²) >= 11 is 0. The minimum absolute atomic E-state index is 0.938. The van der Waals surface area contributed by atoms with E-state index in [2.05, 4.69) is 33.5 Å². The molecule has 0 fully saturated rings. The van der Waals surface area contributed by atoms with E-state index in [0.29, 0.717) is 0 Å². The van der Waals surface area contributed by atoms with Crippen LogP contribution in [0.3, 0.4) is 0 Å². The molecule has 1 aromatic carbocycles. The summed E-state index contributed by atoms with van der Waals surface area (Å²) in [5.41, 5.74) is 3.62. The number of hydrogen-bond acceptors (Lipinski definition) is 3. The second-order valence-corrected chi connectivity index (χ2v) is 3.96. The van der Waals surface area contributed by atoms with Crippen molar-refractivity contribution in [1.29, 1.82) is 0 Å². The summed E-state index contributed by atoms with van der Waals surface area (Å²) in [5, 5.41) is 4.53. The SMILES string of the molecule is C1=C(c2cccc3ncncc23)CNCC1. The van der Waals surface area contributed by atoms with Crippen LogP contribution < -0.4 is 5.32 Å². The lowest BCUT2D eigenvalue weighted by molar-refractivity contribution is 0.739. The van der Waals surface area contributed by atoms with Gasteiger partial charge in [-0.25, -0.2) is 9.97 Å². The van der Waals surface area contributed by atoms with Gasteiger partial charge in [-0.3, -0.25) is 0 Å². The zero-order valence-corrected chi connectivity index (χ0v) is 8.98. The number of nitrogens with one attached hydrogen (secondary N) is 1. The lowest BCUT2D eigenvalue weighted by atomic mass is 9.99. The van der Waals surface area contributed by atoms with Crippen molar-refractivity contribution < 1.29 is 0 Å². The average Bonchev–Trinajstić information content (AvgIpc) is 2.39. The molecule has 1 N–H and O–H groups in total. The van der Waals surface area contributed by atoms with Gasteiger partial charge in [-0.1, -0.05) is 18.2 Å². The van der Waals surface area contributed by atoms with E-state index in [-0.39, 0.29) is 0 Å². The molecular formula is C13H13N3. The molecule has 0 spiro atoms. The Bertz CT molecular complexity index is 540. The van der Waals surface area contributed by atoms with Crippen LogP contribution in [0.5, 0.6) is 0 Å². The van der Waals surface area contributed by atoms with Gasteiger partial charge in [0.2, 0.25) is 0 Å². The van der Waals surface area contributed by atoms with Crippen molar-refractivity contribution in [3.8, 4) is 0 Å². The largest absolute Gasteiger partial charge is 0.312 e. The molecule has 3 heteroatoms. The Morgan fingerprint density at radius 3 is 3.12 bits per heavy atom. The van der Waals surface area contributed by atoms with E-state index in [4.69, 9.17) is 0 Å². The molecule has 3 rings (SSSR count). The third-order valence-corrected chi connectivity index (χ3v) is 2.92. The predicted octanol–water partition coefficient (Wildman–Crippen LogP) is 2.01. The van der Waals surface area contributed by atoms with Crippen molar-refractivity contribution in [1.82, 2.24) is 15.3 Å². The number of benzene rings is 1. The second kappa shape index (κ2) is 4.02. The second-order valence-electron chi connectivity index (χ2n) is 3.96. The standard InChI is InChI=1S/C13H13N3/c1-4-11(10-3-2-6-14-7-10)12-8-15-9-16-13(12)5-1/h1,3-5,8-9,14H,2,6-7H2. The van der Waals surface area contributed by atoms with Gasteiger partial charge in [-0.15, -0.1) is 0 Å². The first kappa shape index (κ1) is 9.48. The first-order valence-corrected chi connectivity index (χ1v) is 5.54. The number of fused-ring (bicyclic) bond motifs is 1. The van der Waals surface area contributed by atoms with Gasteiger partial charge in [0.1, 0.15) is 6.33 Å². The quantitative estimate of drug-likeness (QED) is 0.784. The smallest absolute Gasteiger partial charge is 0.116 e. The normalized spacial score (nSPS) is 16.1. The fourth-order valence-corrected chi connectivity index (χ4v) is 2.13. The lowest BCUT2D eigenvalue weighted by Crippen LogP contribution is -2.21. The monoisotopic (exact) mass is 211 g/mol. The highest BCUT2D eigenvalue weighted by molar-refractivity contribution is 5.91. The molecule has 3 nitrogen and oxygen atoms in total. The van der Waals surface area contributed by atoms with Gasteiger partial charge in [0, 0.05) is 18.1 Å². The van der Waals surface area contributed by atoms with Crippen LogP contribution >= 0.6 is 0 Å². The highest BCUT2D eigenvalue weighted by Crippen LogP contribution is 2.24. The Hall–Kier alpha value is -1.74. The fourth-order valence-electron chi connectivity index (χ4n) is 2.13. The molecule has 0 amide bonds. The van der Waals surface area contributed by atoms with E-state index in [1.54, 1.807) is 6.33 Å². The minimum atomic E-state index is 0.938. The van der Waals surface area contributed by atoms with Crippen LogP contribution in [0, 0.1) is 0 Å². The molecule has 1 aliphatic heterocycles. The Balaban J connectivity index is 2.19. The van der Waals surface area contributed by atoms with Gasteiger partial charge in [-0.05, 0) is 30.2 Å². The van der Waals surface area contributed by atoms with Crippen molar-refractivity contribution in [2.75, 3.05) is 13.1 Å². The zero-order valence-electron chi connectivity index (χ0n) is 8.98. The Morgan fingerprint density at radius 2 is 2.25 bits per heavy atom. The van der Waals surface area contributed by atoms with Crippen LogP contribution in [0.25, 0.3) is 16.5 Å². The van der Waals surface area contributed by atoms with Crippen LogP contribution in [0.15, 0.2) is 36.8 Å². The highest BCUT2D eigenvalue weighted by Gasteiger charge is 2.09. The molecule has 1 aromatic heterocycles. The Labute approximate surface area is 94.2 Å². The fraction of sp³-hybridized carbons (Fsp3) is 0.231. The number of aromatic nitrogens is 2. The van der Waals surface area contributed by atoms with Gasteiger partial charge in [0.05, 0.1) is 5.52 Å². The molecule has 1 aliphatic rings. The van der Waals surface area contributed by atoms with E-state index >= 15 is 0 Å². The van der Waals surface area contributed by atoms with Crippen LogP contribution in [0.2, 0.25) is 0 Å². The van der Waals surface area contributed by atoms with Crippen LogP contribution in [-0.2, 0) is 0 Å². The molecular weight excluding hydrogens is 198 g/mol. The van der Waals surface area contributed by atoms with E-state index in [1.807, 2.05) is 12.3 Å². The third-order valence-electron chi connectivity index (χ3n) is 2.92. The zero-order chi connectivity index (χ0) is 10.8. The topological polar surface area (TPSA) is 37.8 Å².